The number of hydrogen-bond acceptors (Lipinski definition) is 5. The van der Waals surface area contributed by atoms with Gasteiger partial charge in [-0.1, -0.05) is 42.5 Å². The van der Waals surface area contributed by atoms with Crippen molar-refractivity contribution < 1.29 is 9.90 Å². The molecular weight excluding hydrogens is 346 g/mol. The van der Waals surface area contributed by atoms with E-state index in [0.717, 1.165) is 37.7 Å². The molecule has 4 rings (SSSR count). The summed E-state index contributed by atoms with van der Waals surface area (Å²) in [6, 6.07) is 19.6. The Bertz CT molecular complexity index is 1060. The lowest BCUT2D eigenvalue weighted by Gasteiger charge is -2.07. The standard InChI is InChI=1S/C20H15N3O2S/c24-18(25)10-13-6-8-15(9-7-13)23-19-16-11-17(14-4-2-1-3-5-14)26-20(16)22-12-21-19/h1-9,11-12H,10H2,(H,24,25)(H,21,22,23). The van der Waals surface area contributed by atoms with E-state index in [1.54, 1.807) is 29.8 Å². The van der Waals surface area contributed by atoms with Crippen LogP contribution in [-0.4, -0.2) is 21.0 Å². The molecule has 0 saturated carbocycles. The smallest absolute Gasteiger partial charge is 0.307 e. The summed E-state index contributed by atoms with van der Waals surface area (Å²) in [5, 5.41) is 13.1. The number of carboxylic acids is 1. The van der Waals surface area contributed by atoms with Crippen molar-refractivity contribution in [1.82, 2.24) is 9.97 Å². The van der Waals surface area contributed by atoms with Crippen molar-refractivity contribution in [2.75, 3.05) is 5.32 Å². The third kappa shape index (κ3) is 3.41. The Kier molecular flexibility index (Phi) is 4.33. The summed E-state index contributed by atoms with van der Waals surface area (Å²) in [5.74, 6) is -0.102. The molecule has 0 fully saturated rings. The fourth-order valence-electron chi connectivity index (χ4n) is 2.72. The maximum atomic E-state index is 10.8. The van der Waals surface area contributed by atoms with Crippen LogP contribution in [0, 0.1) is 0 Å². The monoisotopic (exact) mass is 361 g/mol. The molecular formula is C20H15N3O2S. The molecule has 0 amide bonds. The number of carbonyl (C=O) groups is 1. The number of rotatable bonds is 5. The van der Waals surface area contributed by atoms with E-state index in [1.165, 1.54) is 0 Å². The van der Waals surface area contributed by atoms with Crippen LogP contribution in [0.3, 0.4) is 0 Å². The van der Waals surface area contributed by atoms with Crippen LogP contribution >= 0.6 is 11.3 Å². The first kappa shape index (κ1) is 16.2. The van der Waals surface area contributed by atoms with Crippen LogP contribution < -0.4 is 5.32 Å². The summed E-state index contributed by atoms with van der Waals surface area (Å²) in [5.41, 5.74) is 2.77. The van der Waals surface area contributed by atoms with Gasteiger partial charge >= 0.3 is 5.97 Å². The quantitative estimate of drug-likeness (QED) is 0.537. The van der Waals surface area contributed by atoms with Gasteiger partial charge < -0.3 is 10.4 Å². The molecule has 0 spiro atoms. The Labute approximate surface area is 154 Å². The zero-order valence-corrected chi connectivity index (χ0v) is 14.5. The number of fused-ring (bicyclic) bond motifs is 1. The zero-order chi connectivity index (χ0) is 17.9. The number of benzene rings is 2. The highest BCUT2D eigenvalue weighted by Gasteiger charge is 2.10. The summed E-state index contributed by atoms with van der Waals surface area (Å²) < 4.78 is 0. The molecule has 6 heteroatoms. The predicted octanol–water partition coefficient (Wildman–Crippen LogP) is 4.73. The van der Waals surface area contributed by atoms with Gasteiger partial charge in [0, 0.05) is 10.6 Å². The number of thiophene rings is 1. The van der Waals surface area contributed by atoms with Crippen molar-refractivity contribution in [3.05, 3.63) is 72.6 Å². The summed E-state index contributed by atoms with van der Waals surface area (Å²) in [4.78, 5) is 21.6. The first-order chi connectivity index (χ1) is 12.7. The van der Waals surface area contributed by atoms with Crippen LogP contribution in [0.2, 0.25) is 0 Å². The van der Waals surface area contributed by atoms with E-state index in [0.29, 0.717) is 0 Å². The predicted molar refractivity (Wildman–Crippen MR) is 104 cm³/mol. The lowest BCUT2D eigenvalue weighted by atomic mass is 10.1. The Morgan fingerprint density at radius 3 is 2.54 bits per heavy atom. The summed E-state index contributed by atoms with van der Waals surface area (Å²) in [6.45, 7) is 0. The molecule has 5 nitrogen and oxygen atoms in total. The molecule has 0 bridgehead atoms. The van der Waals surface area contributed by atoms with Crippen molar-refractivity contribution in [2.24, 2.45) is 0 Å². The van der Waals surface area contributed by atoms with Crippen molar-refractivity contribution >= 4 is 39.0 Å². The highest BCUT2D eigenvalue weighted by molar-refractivity contribution is 7.21. The summed E-state index contributed by atoms with van der Waals surface area (Å²) in [6.07, 6.45) is 1.57. The minimum atomic E-state index is -0.838. The van der Waals surface area contributed by atoms with Gasteiger partial charge in [0.05, 0.1) is 11.8 Å². The SMILES string of the molecule is O=C(O)Cc1ccc(Nc2ncnc3sc(-c4ccccc4)cc23)cc1. The Balaban J connectivity index is 1.64. The summed E-state index contributed by atoms with van der Waals surface area (Å²) >= 11 is 1.63. The molecule has 0 atom stereocenters. The molecule has 0 unspecified atom stereocenters. The topological polar surface area (TPSA) is 75.1 Å². The van der Waals surface area contributed by atoms with Crippen LogP contribution in [0.5, 0.6) is 0 Å². The van der Waals surface area contributed by atoms with Gasteiger partial charge in [-0.25, -0.2) is 9.97 Å². The number of nitrogens with one attached hydrogen (secondary N) is 1. The van der Waals surface area contributed by atoms with Gasteiger partial charge in [0.15, 0.2) is 0 Å². The van der Waals surface area contributed by atoms with Crippen molar-refractivity contribution in [1.29, 1.82) is 0 Å². The van der Waals surface area contributed by atoms with E-state index in [9.17, 15) is 4.79 Å². The lowest BCUT2D eigenvalue weighted by Crippen LogP contribution is -2.00. The first-order valence-corrected chi connectivity index (χ1v) is 8.88. The van der Waals surface area contributed by atoms with Crippen LogP contribution in [-0.2, 0) is 11.2 Å². The number of anilines is 2. The van der Waals surface area contributed by atoms with E-state index in [-0.39, 0.29) is 6.42 Å². The van der Waals surface area contributed by atoms with Gasteiger partial charge in [-0.3, -0.25) is 4.79 Å². The molecule has 0 saturated heterocycles. The number of carboxylic acid groups (broad SMARTS) is 1. The van der Waals surface area contributed by atoms with Crippen molar-refractivity contribution in [3.63, 3.8) is 0 Å². The molecule has 2 aromatic carbocycles. The molecule has 26 heavy (non-hydrogen) atoms. The van der Waals surface area contributed by atoms with Crippen molar-refractivity contribution in [3.8, 4) is 10.4 Å². The minimum Gasteiger partial charge on any atom is -0.481 e. The molecule has 4 aromatic rings. The molecule has 128 valence electrons. The van der Waals surface area contributed by atoms with Gasteiger partial charge in [-0.15, -0.1) is 11.3 Å². The maximum Gasteiger partial charge on any atom is 0.307 e. The second-order valence-electron chi connectivity index (χ2n) is 5.81. The minimum absolute atomic E-state index is 0.0169. The number of aliphatic carboxylic acids is 1. The molecule has 0 aliphatic rings. The largest absolute Gasteiger partial charge is 0.481 e. The van der Waals surface area contributed by atoms with E-state index < -0.39 is 5.97 Å². The highest BCUT2D eigenvalue weighted by atomic mass is 32.1. The summed E-state index contributed by atoms with van der Waals surface area (Å²) in [7, 11) is 0. The number of nitrogens with zero attached hydrogens (tertiary/aromatic N) is 2. The Morgan fingerprint density at radius 2 is 1.81 bits per heavy atom. The fourth-order valence-corrected chi connectivity index (χ4v) is 3.72. The van der Waals surface area contributed by atoms with Crippen LogP contribution in [0.15, 0.2) is 67.0 Å². The average molecular weight is 361 g/mol. The maximum absolute atomic E-state index is 10.8. The van der Waals surface area contributed by atoms with Gasteiger partial charge in [0.1, 0.15) is 17.0 Å². The Hall–Kier alpha value is -3.25. The second-order valence-corrected chi connectivity index (χ2v) is 6.84. The first-order valence-electron chi connectivity index (χ1n) is 8.07. The van der Waals surface area contributed by atoms with Crippen molar-refractivity contribution in [2.45, 2.75) is 6.42 Å². The molecule has 0 aliphatic carbocycles. The number of hydrogen-bond donors (Lipinski definition) is 2. The van der Waals surface area contributed by atoms with Gasteiger partial charge in [-0.2, -0.15) is 0 Å². The molecule has 2 heterocycles. The van der Waals surface area contributed by atoms with Crippen LogP contribution in [0.4, 0.5) is 11.5 Å². The van der Waals surface area contributed by atoms with Gasteiger partial charge in [-0.05, 0) is 29.3 Å². The second kappa shape index (κ2) is 6.93. The van der Waals surface area contributed by atoms with E-state index in [2.05, 4.69) is 33.5 Å². The van der Waals surface area contributed by atoms with Crippen LogP contribution in [0.25, 0.3) is 20.7 Å². The third-order valence-corrected chi connectivity index (χ3v) is 5.05. The average Bonchev–Trinajstić information content (AvgIpc) is 3.09. The molecule has 2 aromatic heterocycles. The van der Waals surface area contributed by atoms with Gasteiger partial charge in [0.25, 0.3) is 0 Å². The van der Waals surface area contributed by atoms with E-state index >= 15 is 0 Å². The Morgan fingerprint density at radius 1 is 1.04 bits per heavy atom. The third-order valence-electron chi connectivity index (χ3n) is 3.96. The zero-order valence-electron chi connectivity index (χ0n) is 13.7. The normalized spacial score (nSPS) is 10.8. The fraction of sp³-hybridized carbons (Fsp3) is 0.0500. The molecule has 0 radical (unpaired) electrons. The lowest BCUT2D eigenvalue weighted by molar-refractivity contribution is -0.136. The van der Waals surface area contributed by atoms with Gasteiger partial charge in [0.2, 0.25) is 0 Å². The highest BCUT2D eigenvalue weighted by Crippen LogP contribution is 2.35. The number of aromatic nitrogens is 2. The molecule has 0 aliphatic heterocycles. The molecule has 2 N–H and O–H groups in total. The van der Waals surface area contributed by atoms with E-state index in [4.69, 9.17) is 5.11 Å². The van der Waals surface area contributed by atoms with Crippen LogP contribution in [0.1, 0.15) is 5.56 Å². The van der Waals surface area contributed by atoms with E-state index in [1.807, 2.05) is 30.3 Å².